The number of anilines is 1. The van der Waals surface area contributed by atoms with Gasteiger partial charge in [-0.1, -0.05) is 91.0 Å². The van der Waals surface area contributed by atoms with Gasteiger partial charge in [0.2, 0.25) is 11.8 Å². The van der Waals surface area contributed by atoms with Gasteiger partial charge in [0.15, 0.2) is 0 Å². The van der Waals surface area contributed by atoms with Crippen LogP contribution in [0.3, 0.4) is 0 Å². The molecule has 1 N–H and O–H groups in total. The van der Waals surface area contributed by atoms with Crippen LogP contribution in [0, 0.1) is 11.8 Å². The maximum atomic E-state index is 14.2. The minimum absolute atomic E-state index is 0.0314. The van der Waals surface area contributed by atoms with Crippen LogP contribution in [0.1, 0.15) is 23.1 Å². The van der Waals surface area contributed by atoms with E-state index in [0.717, 1.165) is 22.4 Å². The molecule has 176 valence electrons. The number of hydrogen-bond acceptors (Lipinski definition) is 3. The summed E-state index contributed by atoms with van der Waals surface area (Å²) in [6, 6.07) is 27.7. The summed E-state index contributed by atoms with van der Waals surface area (Å²) in [7, 11) is 0. The first-order valence-electron chi connectivity index (χ1n) is 12.2. The summed E-state index contributed by atoms with van der Waals surface area (Å²) in [6.45, 7) is 0.887. The van der Waals surface area contributed by atoms with Crippen molar-refractivity contribution in [2.24, 2.45) is 11.8 Å². The topological polar surface area (TPSA) is 60.9 Å². The first-order valence-corrected chi connectivity index (χ1v) is 12.2. The number of para-hydroxylation sites is 1. The van der Waals surface area contributed by atoms with Gasteiger partial charge in [-0.15, -0.1) is 0 Å². The highest BCUT2D eigenvalue weighted by Gasteiger charge is 2.57. The Balaban J connectivity index is 1.41. The highest BCUT2D eigenvalue weighted by molar-refractivity contribution is 6.10. The third-order valence-electron chi connectivity index (χ3n) is 7.94. The molecule has 1 saturated heterocycles. The number of aliphatic hydroxyl groups excluding tert-OH is 1. The van der Waals surface area contributed by atoms with Crippen LogP contribution in [0.4, 0.5) is 5.69 Å². The number of fused-ring (bicyclic) bond motifs is 4. The Morgan fingerprint density at radius 2 is 1.46 bits per heavy atom. The van der Waals surface area contributed by atoms with Gasteiger partial charge < -0.3 is 14.9 Å². The van der Waals surface area contributed by atoms with E-state index in [1.807, 2.05) is 107 Å². The average molecular weight is 465 g/mol. The molecule has 2 amide bonds. The van der Waals surface area contributed by atoms with E-state index in [-0.39, 0.29) is 30.4 Å². The third-order valence-corrected chi connectivity index (χ3v) is 7.94. The lowest BCUT2D eigenvalue weighted by atomic mass is 9.75. The van der Waals surface area contributed by atoms with E-state index in [1.54, 1.807) is 0 Å². The number of nitrogens with zero attached hydrogens (tertiary/aromatic N) is 2. The zero-order chi connectivity index (χ0) is 24.0. The van der Waals surface area contributed by atoms with Crippen LogP contribution in [0.15, 0.2) is 97.1 Å². The van der Waals surface area contributed by atoms with Crippen molar-refractivity contribution in [3.8, 4) is 0 Å². The first-order chi connectivity index (χ1) is 17.1. The van der Waals surface area contributed by atoms with Crippen molar-refractivity contribution in [3.05, 3.63) is 114 Å². The molecule has 1 spiro atoms. The van der Waals surface area contributed by atoms with E-state index in [0.29, 0.717) is 19.5 Å². The SMILES string of the molecule is O=C1[C@H]2C=C[C@]3(C[C@H]([C@@H]2CO)N1Cc1ccccc1)C(=O)N(Cc1ccccc1)c1ccccc13. The van der Waals surface area contributed by atoms with E-state index in [1.165, 1.54) is 0 Å². The molecule has 3 aromatic carbocycles. The van der Waals surface area contributed by atoms with Crippen LogP contribution in [0.5, 0.6) is 0 Å². The second kappa shape index (κ2) is 8.51. The van der Waals surface area contributed by atoms with Gasteiger partial charge in [0.1, 0.15) is 0 Å². The molecule has 35 heavy (non-hydrogen) atoms. The molecule has 0 aromatic heterocycles. The Bertz CT molecular complexity index is 1290. The molecule has 2 aliphatic heterocycles. The largest absolute Gasteiger partial charge is 0.396 e. The molecule has 2 bridgehead atoms. The molecule has 0 unspecified atom stereocenters. The van der Waals surface area contributed by atoms with E-state index < -0.39 is 11.3 Å². The van der Waals surface area contributed by atoms with Gasteiger partial charge in [-0.25, -0.2) is 0 Å². The predicted molar refractivity (Wildman–Crippen MR) is 134 cm³/mol. The van der Waals surface area contributed by atoms with Gasteiger partial charge in [0.25, 0.3) is 0 Å². The highest BCUT2D eigenvalue weighted by Crippen LogP contribution is 2.51. The van der Waals surface area contributed by atoms with E-state index in [9.17, 15) is 14.7 Å². The van der Waals surface area contributed by atoms with Crippen molar-refractivity contribution < 1.29 is 14.7 Å². The van der Waals surface area contributed by atoms with Crippen LogP contribution < -0.4 is 4.90 Å². The molecule has 5 heteroatoms. The molecule has 0 radical (unpaired) electrons. The Morgan fingerprint density at radius 1 is 0.829 bits per heavy atom. The van der Waals surface area contributed by atoms with Crippen molar-refractivity contribution in [1.29, 1.82) is 0 Å². The molecule has 1 aliphatic carbocycles. The van der Waals surface area contributed by atoms with Crippen LogP contribution in [0.2, 0.25) is 0 Å². The number of amides is 2. The number of rotatable bonds is 5. The van der Waals surface area contributed by atoms with Gasteiger partial charge in [-0.2, -0.15) is 0 Å². The maximum Gasteiger partial charge on any atom is 0.241 e. The molecule has 2 heterocycles. The highest BCUT2D eigenvalue weighted by atomic mass is 16.3. The van der Waals surface area contributed by atoms with Crippen molar-refractivity contribution in [2.75, 3.05) is 11.5 Å². The van der Waals surface area contributed by atoms with Gasteiger partial charge in [0.05, 0.1) is 17.9 Å². The first kappa shape index (κ1) is 21.8. The Labute approximate surface area is 205 Å². The molecule has 1 fully saturated rings. The fourth-order valence-corrected chi connectivity index (χ4v) is 6.20. The third kappa shape index (κ3) is 3.41. The molecular weight excluding hydrogens is 436 g/mol. The zero-order valence-electron chi connectivity index (χ0n) is 19.5. The number of benzene rings is 3. The fraction of sp³-hybridized carbons (Fsp3) is 0.267. The maximum absolute atomic E-state index is 14.2. The number of likely N-dealkylation sites (tertiary alicyclic amines) is 1. The lowest BCUT2D eigenvalue weighted by molar-refractivity contribution is -0.132. The van der Waals surface area contributed by atoms with Gasteiger partial charge >= 0.3 is 0 Å². The molecule has 0 saturated carbocycles. The van der Waals surface area contributed by atoms with Crippen molar-refractivity contribution >= 4 is 17.5 Å². The van der Waals surface area contributed by atoms with E-state index in [4.69, 9.17) is 0 Å². The number of carbonyl (C=O) groups excluding carboxylic acids is 2. The summed E-state index contributed by atoms with van der Waals surface area (Å²) in [6.07, 6.45) is 4.32. The normalized spacial score (nSPS) is 26.9. The fourth-order valence-electron chi connectivity index (χ4n) is 6.20. The average Bonchev–Trinajstić information content (AvgIpc) is 3.17. The quantitative estimate of drug-likeness (QED) is 0.579. The number of carbonyl (C=O) groups is 2. The van der Waals surface area contributed by atoms with Gasteiger partial charge in [-0.3, -0.25) is 9.59 Å². The zero-order valence-corrected chi connectivity index (χ0v) is 19.5. The molecule has 3 aliphatic rings. The smallest absolute Gasteiger partial charge is 0.241 e. The summed E-state index contributed by atoms with van der Waals surface area (Å²) in [5.41, 5.74) is 3.17. The molecule has 3 aromatic rings. The standard InChI is InChI=1S/C30H28N2O3/c33-20-24-23-15-16-30(17-27(24)31(28(23)34)18-21-9-3-1-4-10-21)25-13-7-8-14-26(25)32(29(30)35)19-22-11-5-2-6-12-22/h1-16,23-24,27,33H,17-20H2/t23-,24+,27+,30+/m0/s1. The predicted octanol–water partition coefficient (Wildman–Crippen LogP) is 4.07. The second-order valence-electron chi connectivity index (χ2n) is 9.82. The van der Waals surface area contributed by atoms with E-state index in [2.05, 4.69) is 0 Å². The van der Waals surface area contributed by atoms with Crippen LogP contribution in [-0.2, 0) is 28.1 Å². The molecule has 5 nitrogen and oxygen atoms in total. The van der Waals surface area contributed by atoms with Crippen molar-refractivity contribution in [1.82, 2.24) is 4.90 Å². The Kier molecular flexibility index (Phi) is 5.30. The van der Waals surface area contributed by atoms with Crippen LogP contribution in [0.25, 0.3) is 0 Å². The van der Waals surface area contributed by atoms with Crippen LogP contribution in [-0.4, -0.2) is 34.5 Å². The summed E-state index contributed by atoms with van der Waals surface area (Å²) in [5, 5.41) is 10.3. The second-order valence-corrected chi connectivity index (χ2v) is 9.82. The van der Waals surface area contributed by atoms with Crippen molar-refractivity contribution in [2.45, 2.75) is 31.0 Å². The van der Waals surface area contributed by atoms with Gasteiger partial charge in [0, 0.05) is 30.8 Å². The lowest BCUT2D eigenvalue weighted by Gasteiger charge is -2.34. The summed E-state index contributed by atoms with van der Waals surface area (Å²) in [5.74, 6) is -0.583. The minimum Gasteiger partial charge on any atom is -0.396 e. The number of aliphatic hydroxyl groups is 1. The van der Waals surface area contributed by atoms with E-state index >= 15 is 0 Å². The molecule has 6 rings (SSSR count). The minimum atomic E-state index is -0.853. The summed E-state index contributed by atoms with van der Waals surface area (Å²) >= 11 is 0. The Morgan fingerprint density at radius 3 is 2.14 bits per heavy atom. The number of hydrogen-bond donors (Lipinski definition) is 1. The summed E-state index contributed by atoms with van der Waals surface area (Å²) in [4.78, 5) is 31.4. The molecular formula is C30H28N2O3. The van der Waals surface area contributed by atoms with Crippen LogP contribution >= 0.6 is 0 Å². The summed E-state index contributed by atoms with van der Waals surface area (Å²) < 4.78 is 0. The van der Waals surface area contributed by atoms with Crippen molar-refractivity contribution in [3.63, 3.8) is 0 Å². The monoisotopic (exact) mass is 464 g/mol. The lowest BCUT2D eigenvalue weighted by Crippen LogP contribution is -2.46. The Hall–Kier alpha value is -3.70. The van der Waals surface area contributed by atoms with Gasteiger partial charge in [-0.05, 0) is 29.2 Å². The molecule has 4 atom stereocenters.